The van der Waals surface area contributed by atoms with Gasteiger partial charge in [-0.25, -0.2) is 4.99 Å². The van der Waals surface area contributed by atoms with Crippen LogP contribution in [0.25, 0.3) is 0 Å². The van der Waals surface area contributed by atoms with Crippen LogP contribution in [0.1, 0.15) is 16.8 Å². The highest BCUT2D eigenvalue weighted by Crippen LogP contribution is 2.10. The third kappa shape index (κ3) is 4.22. The molecule has 6 heteroatoms. The predicted molar refractivity (Wildman–Crippen MR) is 93.5 cm³/mol. The van der Waals surface area contributed by atoms with E-state index in [0.717, 1.165) is 16.9 Å². The van der Waals surface area contributed by atoms with Crippen molar-refractivity contribution in [2.75, 3.05) is 5.32 Å². The van der Waals surface area contributed by atoms with E-state index in [1.54, 1.807) is 0 Å². The van der Waals surface area contributed by atoms with E-state index in [4.69, 9.17) is 5.73 Å². The summed E-state index contributed by atoms with van der Waals surface area (Å²) in [5, 5.41) is 7.26. The number of nitrogens with zero attached hydrogens (tertiary/aromatic N) is 3. The number of benzene rings is 1. The first-order chi connectivity index (χ1) is 9.06. The molecule has 0 atom stereocenters. The molecule has 20 heavy (non-hydrogen) atoms. The van der Waals surface area contributed by atoms with E-state index in [0.29, 0.717) is 12.5 Å². The summed E-state index contributed by atoms with van der Waals surface area (Å²) in [6, 6.07) is 8.01. The lowest BCUT2D eigenvalue weighted by molar-refractivity contribution is 0.737. The molecule has 0 amide bonds. The molecule has 0 spiro atoms. The smallest absolute Gasteiger partial charge is 0.193 e. The fourth-order valence-electron chi connectivity index (χ4n) is 1.78. The van der Waals surface area contributed by atoms with Crippen molar-refractivity contribution in [1.82, 2.24) is 9.78 Å². The highest BCUT2D eigenvalue weighted by Gasteiger charge is 2.02. The summed E-state index contributed by atoms with van der Waals surface area (Å²) in [4.78, 5) is 4.32. The van der Waals surface area contributed by atoms with Gasteiger partial charge in [0.2, 0.25) is 0 Å². The van der Waals surface area contributed by atoms with E-state index < -0.39 is 0 Å². The fourth-order valence-corrected chi connectivity index (χ4v) is 1.78. The minimum absolute atomic E-state index is 0. The Morgan fingerprint density at radius 2 is 2.15 bits per heavy atom. The summed E-state index contributed by atoms with van der Waals surface area (Å²) in [6.07, 6.45) is 1.82. The Kier molecular flexibility index (Phi) is 6.00. The van der Waals surface area contributed by atoms with Gasteiger partial charge in [0.15, 0.2) is 5.96 Å². The van der Waals surface area contributed by atoms with E-state index in [2.05, 4.69) is 15.4 Å². The van der Waals surface area contributed by atoms with Crippen LogP contribution in [0.5, 0.6) is 0 Å². The molecule has 0 unspecified atom stereocenters. The molecule has 0 bridgehead atoms. The van der Waals surface area contributed by atoms with E-state index >= 15 is 0 Å². The maximum absolute atomic E-state index is 5.87. The second kappa shape index (κ2) is 7.28. The van der Waals surface area contributed by atoms with Crippen molar-refractivity contribution < 1.29 is 0 Å². The van der Waals surface area contributed by atoms with Crippen LogP contribution in [0, 0.1) is 13.8 Å². The minimum atomic E-state index is 0. The zero-order valence-electron chi connectivity index (χ0n) is 11.9. The van der Waals surface area contributed by atoms with Crippen LogP contribution in [0.3, 0.4) is 0 Å². The number of hydrogen-bond acceptors (Lipinski definition) is 2. The predicted octanol–water partition coefficient (Wildman–Crippen LogP) is 2.58. The first kappa shape index (κ1) is 16.5. The van der Waals surface area contributed by atoms with Crippen molar-refractivity contribution in [1.29, 1.82) is 0 Å². The average molecular weight is 385 g/mol. The number of nitrogens with two attached hydrogens (primary N) is 1. The van der Waals surface area contributed by atoms with Gasteiger partial charge in [-0.1, -0.05) is 12.1 Å². The fraction of sp³-hybridized carbons (Fsp3) is 0.286. The van der Waals surface area contributed by atoms with Crippen molar-refractivity contribution in [2.24, 2.45) is 17.8 Å². The second-order valence-electron chi connectivity index (χ2n) is 4.57. The summed E-state index contributed by atoms with van der Waals surface area (Å²) in [6.45, 7) is 4.59. The number of guanidine groups is 1. The van der Waals surface area contributed by atoms with Crippen molar-refractivity contribution in [3.63, 3.8) is 0 Å². The summed E-state index contributed by atoms with van der Waals surface area (Å²) >= 11 is 0. The average Bonchev–Trinajstić information content (AvgIpc) is 2.68. The van der Waals surface area contributed by atoms with E-state index in [9.17, 15) is 0 Å². The van der Waals surface area contributed by atoms with Gasteiger partial charge < -0.3 is 11.1 Å². The molecule has 1 aromatic carbocycles. The number of aromatic nitrogens is 2. The first-order valence-corrected chi connectivity index (χ1v) is 6.17. The molecular weight excluding hydrogens is 365 g/mol. The third-order valence-electron chi connectivity index (χ3n) is 3.05. The number of aliphatic imine (C=N–C) groups is 1. The molecule has 0 saturated carbocycles. The lowest BCUT2D eigenvalue weighted by Gasteiger charge is -2.06. The largest absolute Gasteiger partial charge is 0.370 e. The van der Waals surface area contributed by atoms with Gasteiger partial charge >= 0.3 is 0 Å². The Morgan fingerprint density at radius 1 is 1.40 bits per heavy atom. The standard InChI is InChI=1S/C14H19N5.HI/c1-10-5-4-6-13(7-10)18-14(15)16-8-12-9-17-19(3)11(12)2;/h4-7,9H,8H2,1-3H3,(H3,15,16,18);1H. The Bertz CT molecular complexity index is 603. The molecule has 3 N–H and O–H groups in total. The Morgan fingerprint density at radius 3 is 2.75 bits per heavy atom. The van der Waals surface area contributed by atoms with Gasteiger partial charge in [-0.3, -0.25) is 4.68 Å². The molecule has 108 valence electrons. The SMILES string of the molecule is Cc1cccc(NC(N)=NCc2cnn(C)c2C)c1.I. The van der Waals surface area contributed by atoms with Crippen molar-refractivity contribution >= 4 is 35.6 Å². The zero-order chi connectivity index (χ0) is 13.8. The van der Waals surface area contributed by atoms with Crippen LogP contribution in [0.2, 0.25) is 0 Å². The van der Waals surface area contributed by atoms with Crippen LogP contribution in [0.15, 0.2) is 35.5 Å². The van der Waals surface area contributed by atoms with Crippen LogP contribution >= 0.6 is 24.0 Å². The molecular formula is C14H20IN5. The molecule has 2 rings (SSSR count). The van der Waals surface area contributed by atoms with Crippen LogP contribution in [-0.2, 0) is 13.6 Å². The first-order valence-electron chi connectivity index (χ1n) is 6.17. The molecule has 5 nitrogen and oxygen atoms in total. The normalized spacial score (nSPS) is 11.1. The highest BCUT2D eigenvalue weighted by atomic mass is 127. The van der Waals surface area contributed by atoms with Crippen LogP contribution in [-0.4, -0.2) is 15.7 Å². The van der Waals surface area contributed by atoms with E-state index in [1.165, 1.54) is 5.56 Å². The summed E-state index contributed by atoms with van der Waals surface area (Å²) < 4.78 is 1.83. The number of nitrogens with one attached hydrogen (secondary N) is 1. The van der Waals surface area contributed by atoms with Gasteiger partial charge in [-0.2, -0.15) is 5.10 Å². The van der Waals surface area contributed by atoms with Crippen LogP contribution < -0.4 is 11.1 Å². The minimum Gasteiger partial charge on any atom is -0.370 e. The van der Waals surface area contributed by atoms with Crippen LogP contribution in [0.4, 0.5) is 5.69 Å². The molecule has 0 aliphatic carbocycles. The van der Waals surface area contributed by atoms with Crippen molar-refractivity contribution in [3.05, 3.63) is 47.3 Å². The van der Waals surface area contributed by atoms with Crippen molar-refractivity contribution in [2.45, 2.75) is 20.4 Å². The molecule has 0 fully saturated rings. The van der Waals surface area contributed by atoms with E-state index in [-0.39, 0.29) is 24.0 Å². The Hall–Kier alpha value is -1.57. The lowest BCUT2D eigenvalue weighted by Crippen LogP contribution is -2.22. The number of aryl methyl sites for hydroxylation is 2. The Labute approximate surface area is 136 Å². The highest BCUT2D eigenvalue weighted by molar-refractivity contribution is 14.0. The van der Waals surface area contributed by atoms with Crippen molar-refractivity contribution in [3.8, 4) is 0 Å². The van der Waals surface area contributed by atoms with Gasteiger partial charge in [0, 0.05) is 24.0 Å². The summed E-state index contributed by atoms with van der Waals surface area (Å²) in [7, 11) is 1.91. The number of anilines is 1. The summed E-state index contributed by atoms with van der Waals surface area (Å²) in [5.74, 6) is 0.411. The zero-order valence-corrected chi connectivity index (χ0v) is 14.3. The molecule has 0 aliphatic rings. The number of hydrogen-bond donors (Lipinski definition) is 2. The molecule has 0 saturated heterocycles. The maximum atomic E-state index is 5.87. The maximum Gasteiger partial charge on any atom is 0.193 e. The summed E-state index contributed by atoms with van der Waals surface area (Å²) in [5.41, 5.74) is 10.2. The van der Waals surface area contributed by atoms with Gasteiger partial charge in [0.05, 0.1) is 12.7 Å². The molecule has 1 heterocycles. The van der Waals surface area contributed by atoms with Gasteiger partial charge in [-0.05, 0) is 31.5 Å². The van der Waals surface area contributed by atoms with Gasteiger partial charge in [0.1, 0.15) is 0 Å². The number of rotatable bonds is 3. The van der Waals surface area contributed by atoms with Gasteiger partial charge in [-0.15, -0.1) is 24.0 Å². The number of halogens is 1. The Balaban J connectivity index is 0.00000200. The quantitative estimate of drug-likeness (QED) is 0.485. The molecule has 0 aliphatic heterocycles. The topological polar surface area (TPSA) is 68.2 Å². The monoisotopic (exact) mass is 385 g/mol. The molecule has 1 aromatic heterocycles. The van der Waals surface area contributed by atoms with Gasteiger partial charge in [0.25, 0.3) is 0 Å². The lowest BCUT2D eigenvalue weighted by atomic mass is 10.2. The second-order valence-corrected chi connectivity index (χ2v) is 4.57. The molecule has 0 radical (unpaired) electrons. The molecule has 2 aromatic rings. The van der Waals surface area contributed by atoms with E-state index in [1.807, 2.05) is 56.0 Å². The third-order valence-corrected chi connectivity index (χ3v) is 3.05.